The number of benzene rings is 1. The highest BCUT2D eigenvalue weighted by Gasteiger charge is 2.23. The number of pyridine rings is 1. The topological polar surface area (TPSA) is 74.8 Å². The molecule has 7 nitrogen and oxygen atoms in total. The predicted octanol–water partition coefficient (Wildman–Crippen LogP) is 4.99. The van der Waals surface area contributed by atoms with Crippen molar-refractivity contribution in [1.29, 1.82) is 0 Å². The summed E-state index contributed by atoms with van der Waals surface area (Å²) in [6, 6.07) is 7.48. The van der Waals surface area contributed by atoms with Crippen LogP contribution in [0.3, 0.4) is 0 Å². The van der Waals surface area contributed by atoms with Gasteiger partial charge in [0, 0.05) is 56.0 Å². The third kappa shape index (κ3) is 6.16. The number of ether oxygens (including phenoxy) is 1. The van der Waals surface area contributed by atoms with Gasteiger partial charge in [0.1, 0.15) is 17.5 Å². The summed E-state index contributed by atoms with van der Waals surface area (Å²) in [6.07, 6.45) is 11.9. The fourth-order valence-corrected chi connectivity index (χ4v) is 3.74. The summed E-state index contributed by atoms with van der Waals surface area (Å²) in [5.74, 6) is -0.890. The summed E-state index contributed by atoms with van der Waals surface area (Å²) in [5.41, 5.74) is 0.429. The Morgan fingerprint density at radius 2 is 1.80 bits per heavy atom. The lowest BCUT2D eigenvalue weighted by molar-refractivity contribution is 0.0968. The van der Waals surface area contributed by atoms with Crippen molar-refractivity contribution < 1.29 is 13.5 Å². The van der Waals surface area contributed by atoms with Gasteiger partial charge >= 0.3 is 0 Å². The van der Waals surface area contributed by atoms with Crippen LogP contribution < -0.4 is 5.56 Å². The van der Waals surface area contributed by atoms with E-state index in [1.807, 2.05) is 23.1 Å². The molecule has 184 valence electrons. The van der Waals surface area contributed by atoms with Crippen molar-refractivity contribution in [3.8, 4) is 11.1 Å². The first-order chi connectivity index (χ1) is 17.0. The van der Waals surface area contributed by atoms with Crippen molar-refractivity contribution in [2.75, 3.05) is 13.2 Å². The van der Waals surface area contributed by atoms with E-state index in [1.165, 1.54) is 55.0 Å². The molecule has 4 aromatic rings. The zero-order valence-corrected chi connectivity index (χ0v) is 20.0. The van der Waals surface area contributed by atoms with E-state index in [0.717, 1.165) is 31.4 Å². The number of halogens is 2. The van der Waals surface area contributed by atoms with E-state index in [1.54, 1.807) is 14.0 Å². The molecule has 35 heavy (non-hydrogen) atoms. The van der Waals surface area contributed by atoms with E-state index in [-0.39, 0.29) is 22.2 Å². The summed E-state index contributed by atoms with van der Waals surface area (Å²) in [6.45, 7) is 3.69. The molecule has 6 rings (SSSR count). The second kappa shape index (κ2) is 11.3. The van der Waals surface area contributed by atoms with Crippen LogP contribution in [0.1, 0.15) is 44.0 Å². The first-order valence-electron chi connectivity index (χ1n) is 11.8. The number of rotatable bonds is 2. The molecule has 1 aromatic carbocycles. The molecule has 1 saturated heterocycles. The van der Waals surface area contributed by atoms with Gasteiger partial charge in [-0.1, -0.05) is 0 Å². The average Bonchev–Trinajstić information content (AvgIpc) is 3.58. The van der Waals surface area contributed by atoms with Crippen LogP contribution in [-0.4, -0.2) is 37.5 Å². The van der Waals surface area contributed by atoms with Gasteiger partial charge in [-0.15, -0.1) is 0 Å². The maximum absolute atomic E-state index is 14.0. The van der Waals surface area contributed by atoms with Crippen LogP contribution >= 0.6 is 0 Å². The van der Waals surface area contributed by atoms with Gasteiger partial charge in [-0.2, -0.15) is 5.10 Å². The summed E-state index contributed by atoms with van der Waals surface area (Å²) in [5, 5.41) is 4.31. The molecule has 0 amide bonds. The van der Waals surface area contributed by atoms with Gasteiger partial charge in [-0.05, 0) is 63.3 Å². The summed E-state index contributed by atoms with van der Waals surface area (Å²) < 4.78 is 35.5. The van der Waals surface area contributed by atoms with Crippen LogP contribution in [0.5, 0.6) is 0 Å². The number of aromatic nitrogens is 5. The lowest BCUT2D eigenvalue weighted by Crippen LogP contribution is -2.21. The molecule has 0 radical (unpaired) electrons. The van der Waals surface area contributed by atoms with E-state index in [0.29, 0.717) is 11.4 Å². The molecule has 0 atom stereocenters. The molecule has 0 N–H and O–H groups in total. The van der Waals surface area contributed by atoms with Crippen molar-refractivity contribution >= 4 is 11.0 Å². The van der Waals surface area contributed by atoms with Crippen LogP contribution in [0.25, 0.3) is 22.2 Å². The first-order valence-corrected chi connectivity index (χ1v) is 11.8. The Kier molecular flexibility index (Phi) is 7.97. The number of nitrogens with zero attached hydrogens (tertiary/aromatic N) is 5. The van der Waals surface area contributed by atoms with Crippen LogP contribution in [0.15, 0.2) is 53.7 Å². The average molecular weight is 482 g/mol. The lowest BCUT2D eigenvalue weighted by atomic mass is 10.0. The van der Waals surface area contributed by atoms with Crippen molar-refractivity contribution in [2.24, 2.45) is 7.05 Å². The molecule has 0 bridgehead atoms. The largest absolute Gasteiger partial charge is 0.381 e. The highest BCUT2D eigenvalue weighted by atomic mass is 19.1. The van der Waals surface area contributed by atoms with Crippen molar-refractivity contribution in [3.05, 3.63) is 76.7 Å². The Morgan fingerprint density at radius 1 is 1.03 bits per heavy atom. The van der Waals surface area contributed by atoms with E-state index >= 15 is 0 Å². The number of hydrogen-bond acceptors (Lipinski definition) is 5. The molecule has 9 heteroatoms. The van der Waals surface area contributed by atoms with Gasteiger partial charge in [0.25, 0.3) is 5.56 Å². The maximum Gasteiger partial charge on any atom is 0.263 e. The Morgan fingerprint density at radius 3 is 2.37 bits per heavy atom. The minimum atomic E-state index is -0.731. The number of fused-ring (bicyclic) bond motifs is 1. The zero-order valence-electron chi connectivity index (χ0n) is 20.0. The van der Waals surface area contributed by atoms with Gasteiger partial charge in [0.2, 0.25) is 0 Å². The monoisotopic (exact) mass is 481 g/mol. The number of aryl methyl sites for hydroxylation is 1. The molecule has 4 heterocycles. The third-order valence-electron chi connectivity index (χ3n) is 5.95. The van der Waals surface area contributed by atoms with Crippen LogP contribution in [0.2, 0.25) is 0 Å². The smallest absolute Gasteiger partial charge is 0.263 e. The number of hydrogen-bond donors (Lipinski definition) is 0. The molecule has 2 aliphatic rings. The molecule has 2 fully saturated rings. The van der Waals surface area contributed by atoms with Crippen molar-refractivity contribution in [2.45, 2.75) is 45.1 Å². The molecule has 0 spiro atoms. The highest BCUT2D eigenvalue weighted by molar-refractivity contribution is 5.91. The molecular weight excluding hydrogens is 452 g/mol. The summed E-state index contributed by atoms with van der Waals surface area (Å²) in [4.78, 5) is 20.7. The van der Waals surface area contributed by atoms with Gasteiger partial charge in [0.05, 0.1) is 11.4 Å². The Bertz CT molecular complexity index is 1320. The second-order valence-electron chi connectivity index (χ2n) is 8.59. The normalized spacial score (nSPS) is 15.1. The van der Waals surface area contributed by atoms with Gasteiger partial charge in [0.15, 0.2) is 5.65 Å². The van der Waals surface area contributed by atoms with Gasteiger partial charge in [-0.3, -0.25) is 14.0 Å². The highest BCUT2D eigenvalue weighted by Crippen LogP contribution is 2.33. The van der Waals surface area contributed by atoms with E-state index in [9.17, 15) is 13.6 Å². The van der Waals surface area contributed by atoms with E-state index in [2.05, 4.69) is 15.1 Å². The Labute approximate surface area is 202 Å². The van der Waals surface area contributed by atoms with E-state index < -0.39 is 11.6 Å². The molecule has 1 saturated carbocycles. The van der Waals surface area contributed by atoms with Gasteiger partial charge < -0.3 is 4.74 Å². The SMILES string of the molecule is C1CCOCC1.Cc1nc2nccc(-c3ccc(F)cc3F)c2c(=O)n1C.c1cnn(C2CC2)c1. The Balaban J connectivity index is 0.000000166. The fourth-order valence-electron chi connectivity index (χ4n) is 3.74. The summed E-state index contributed by atoms with van der Waals surface area (Å²) in [7, 11) is 1.59. The fraction of sp³-hybridized carbons (Fsp3) is 0.385. The standard InChI is InChI=1S/C15H11F2N3O.C6H8N2.C5H10O/c1-8-19-14-13(15(21)20(8)2)11(5-6-18-14)10-4-3-9(16)7-12(10)17;1-4-7-8(5-1)6-2-3-6;1-2-4-6-5-3-1/h3-7H,1-2H3;1,4-6H,2-3H2;1-5H2. The summed E-state index contributed by atoms with van der Waals surface area (Å²) >= 11 is 0. The quantitative estimate of drug-likeness (QED) is 0.403. The first kappa shape index (κ1) is 24.7. The molecule has 1 aliphatic heterocycles. The molecule has 3 aromatic heterocycles. The molecule has 0 unspecified atom stereocenters. The van der Waals surface area contributed by atoms with Crippen molar-refractivity contribution in [1.82, 2.24) is 24.3 Å². The minimum absolute atomic E-state index is 0.145. The van der Waals surface area contributed by atoms with Crippen LogP contribution in [-0.2, 0) is 11.8 Å². The van der Waals surface area contributed by atoms with Crippen LogP contribution in [0.4, 0.5) is 8.78 Å². The predicted molar refractivity (Wildman–Crippen MR) is 130 cm³/mol. The lowest BCUT2D eigenvalue weighted by Gasteiger charge is -2.09. The zero-order chi connectivity index (χ0) is 24.8. The third-order valence-corrected chi connectivity index (χ3v) is 5.95. The van der Waals surface area contributed by atoms with Gasteiger partial charge in [-0.25, -0.2) is 18.7 Å². The molecular formula is C26H29F2N5O2. The van der Waals surface area contributed by atoms with Crippen molar-refractivity contribution in [3.63, 3.8) is 0 Å². The maximum atomic E-state index is 14.0. The van der Waals surface area contributed by atoms with Crippen LogP contribution in [0, 0.1) is 18.6 Å². The Hall–Kier alpha value is -3.46. The second-order valence-corrected chi connectivity index (χ2v) is 8.59. The molecule has 1 aliphatic carbocycles. The van der Waals surface area contributed by atoms with E-state index in [4.69, 9.17) is 4.74 Å². The minimum Gasteiger partial charge on any atom is -0.381 e.